The summed E-state index contributed by atoms with van der Waals surface area (Å²) >= 11 is 0. The number of aryl methyl sites for hydroxylation is 2. The smallest absolute Gasteiger partial charge is 0.0925 e. The van der Waals surface area contributed by atoms with Gasteiger partial charge in [0.25, 0.3) is 0 Å². The van der Waals surface area contributed by atoms with E-state index in [1.54, 1.807) is 0 Å². The van der Waals surface area contributed by atoms with Crippen molar-refractivity contribution in [1.82, 2.24) is 9.97 Å². The first-order chi connectivity index (χ1) is 30.5. The van der Waals surface area contributed by atoms with Gasteiger partial charge in [-0.05, 0) is 145 Å². The normalized spacial score (nSPS) is 10.7. The Morgan fingerprint density at radius 1 is 0.500 bits per heavy atom. The van der Waals surface area contributed by atoms with Crippen molar-refractivity contribution in [1.29, 1.82) is 0 Å². The summed E-state index contributed by atoms with van der Waals surface area (Å²) in [4.78, 5) is 9.99. The molecule has 9 aromatic rings. The molecule has 0 amide bonds. The van der Waals surface area contributed by atoms with Gasteiger partial charge in [0.1, 0.15) is 0 Å². The fraction of sp³-hybridized carbons (Fsp3) is 0.167. The Morgan fingerprint density at radius 3 is 1.85 bits per heavy atom. The van der Waals surface area contributed by atoms with Gasteiger partial charge in [-0.3, -0.25) is 4.98 Å². The topological polar surface area (TPSA) is 25.8 Å². The van der Waals surface area contributed by atoms with Crippen LogP contribution in [-0.2, 0) is 6.42 Å². The van der Waals surface area contributed by atoms with Gasteiger partial charge in [0, 0.05) is 11.8 Å². The number of nitrogens with zero attached hydrogens (tertiary/aromatic N) is 2. The van der Waals surface area contributed by atoms with Gasteiger partial charge < -0.3 is 0 Å². The molecule has 9 rings (SSSR count). The van der Waals surface area contributed by atoms with Crippen molar-refractivity contribution in [3.63, 3.8) is 0 Å². The van der Waals surface area contributed by atoms with Crippen LogP contribution in [0.4, 0.5) is 0 Å². The van der Waals surface area contributed by atoms with E-state index in [0.717, 1.165) is 56.9 Å². The molecule has 310 valence electrons. The van der Waals surface area contributed by atoms with E-state index in [0.29, 0.717) is 0 Å². The van der Waals surface area contributed by atoms with E-state index in [1.807, 2.05) is 59.9 Å². The van der Waals surface area contributed by atoms with Crippen LogP contribution < -0.4 is 0 Å². The lowest BCUT2D eigenvalue weighted by molar-refractivity contribution is 1.09. The second-order valence-electron chi connectivity index (χ2n) is 14.5. The molecular weight excluding hydrogens is 749 g/mol. The number of allylic oxidation sites excluding steroid dienone is 1. The Bertz CT molecular complexity index is 3000. The molecule has 0 unspecified atom stereocenters. The van der Waals surface area contributed by atoms with E-state index >= 15 is 0 Å². The number of aromatic nitrogens is 2. The Kier molecular flexibility index (Phi) is 15.2. The highest BCUT2D eigenvalue weighted by molar-refractivity contribution is 6.22. The molecule has 0 aliphatic heterocycles. The molecule has 0 bridgehead atoms. The molecule has 0 saturated heterocycles. The molecule has 0 saturated carbocycles. The van der Waals surface area contributed by atoms with E-state index < -0.39 is 0 Å². The van der Waals surface area contributed by atoms with Crippen molar-refractivity contribution in [2.75, 3.05) is 0 Å². The first-order valence-corrected chi connectivity index (χ1v) is 22.4. The zero-order valence-electron chi connectivity index (χ0n) is 38.1. The van der Waals surface area contributed by atoms with Crippen molar-refractivity contribution in [3.05, 3.63) is 193 Å². The fourth-order valence-corrected chi connectivity index (χ4v) is 8.29. The Morgan fingerprint density at radius 2 is 1.13 bits per heavy atom. The van der Waals surface area contributed by atoms with Crippen LogP contribution in [-0.4, -0.2) is 9.97 Å². The first kappa shape index (κ1) is 44.6. The molecule has 0 atom stereocenters. The van der Waals surface area contributed by atoms with Crippen LogP contribution >= 0.6 is 0 Å². The van der Waals surface area contributed by atoms with Crippen LogP contribution in [0.15, 0.2) is 171 Å². The van der Waals surface area contributed by atoms with Gasteiger partial charge >= 0.3 is 0 Å². The third-order valence-corrected chi connectivity index (χ3v) is 11.1. The van der Waals surface area contributed by atoms with Crippen molar-refractivity contribution >= 4 is 44.5 Å². The third-order valence-electron chi connectivity index (χ3n) is 11.1. The number of benzene rings is 7. The maximum absolute atomic E-state index is 5.22. The maximum Gasteiger partial charge on any atom is 0.0925 e. The van der Waals surface area contributed by atoms with Gasteiger partial charge in [0.15, 0.2) is 0 Å². The number of rotatable bonds is 8. The molecule has 62 heavy (non-hydrogen) atoms. The summed E-state index contributed by atoms with van der Waals surface area (Å²) in [7, 11) is 0. The van der Waals surface area contributed by atoms with E-state index in [1.165, 1.54) is 60.1 Å². The Balaban J connectivity index is 0.00000103. The minimum absolute atomic E-state index is 0.904. The van der Waals surface area contributed by atoms with Crippen LogP contribution in [0.25, 0.3) is 100 Å². The summed E-state index contributed by atoms with van der Waals surface area (Å²) in [6.07, 6.45) is 8.97. The van der Waals surface area contributed by atoms with E-state index in [9.17, 15) is 0 Å². The lowest BCUT2D eigenvalue weighted by atomic mass is 9.84. The molecule has 0 aliphatic carbocycles. The predicted octanol–water partition coefficient (Wildman–Crippen LogP) is 17.9. The predicted molar refractivity (Wildman–Crippen MR) is 275 cm³/mol. The highest BCUT2D eigenvalue weighted by Gasteiger charge is 2.19. The molecule has 0 N–H and O–H groups in total. The van der Waals surface area contributed by atoms with Crippen molar-refractivity contribution in [3.8, 4) is 56.0 Å². The molecule has 7 aromatic carbocycles. The van der Waals surface area contributed by atoms with Gasteiger partial charge in [0.2, 0.25) is 0 Å². The fourth-order valence-electron chi connectivity index (χ4n) is 8.29. The van der Waals surface area contributed by atoms with E-state index in [4.69, 9.17) is 9.97 Å². The molecule has 0 radical (unpaired) electrons. The average Bonchev–Trinajstić information content (AvgIpc) is 3.35. The monoisotopic (exact) mass is 808 g/mol. The summed E-state index contributed by atoms with van der Waals surface area (Å²) < 4.78 is 0. The molecule has 2 aromatic heterocycles. The molecule has 2 heterocycles. The summed E-state index contributed by atoms with van der Waals surface area (Å²) in [6, 6.07) is 55.4. The quantitative estimate of drug-likeness (QED) is 0.143. The van der Waals surface area contributed by atoms with Crippen LogP contribution in [0.5, 0.6) is 0 Å². The van der Waals surface area contributed by atoms with Gasteiger partial charge in [-0.2, -0.15) is 0 Å². The number of fused-ring (bicyclic) bond motifs is 3. The minimum atomic E-state index is 0.904. The van der Waals surface area contributed by atoms with Crippen LogP contribution in [0, 0.1) is 6.92 Å². The highest BCUT2D eigenvalue weighted by atomic mass is 14.8. The van der Waals surface area contributed by atoms with Gasteiger partial charge in [-0.15, -0.1) is 0 Å². The summed E-state index contributed by atoms with van der Waals surface area (Å²) in [5, 5.41) is 7.37. The third kappa shape index (κ3) is 8.92. The zero-order valence-corrected chi connectivity index (χ0v) is 38.1. The summed E-state index contributed by atoms with van der Waals surface area (Å²) in [5.41, 5.74) is 15.7. The summed E-state index contributed by atoms with van der Waals surface area (Å²) in [6.45, 7) is 22.4. The molecule has 0 fully saturated rings. The number of hydrogen-bond donors (Lipinski definition) is 0. The van der Waals surface area contributed by atoms with E-state index in [2.05, 4.69) is 185 Å². The van der Waals surface area contributed by atoms with Crippen molar-refractivity contribution in [2.24, 2.45) is 0 Å². The van der Waals surface area contributed by atoms with Crippen molar-refractivity contribution < 1.29 is 0 Å². The lowest BCUT2D eigenvalue weighted by Crippen LogP contribution is -1.97. The zero-order chi connectivity index (χ0) is 44.2. The van der Waals surface area contributed by atoms with Crippen LogP contribution in [0.1, 0.15) is 77.6 Å². The van der Waals surface area contributed by atoms with Crippen LogP contribution in [0.3, 0.4) is 0 Å². The van der Waals surface area contributed by atoms with Crippen molar-refractivity contribution in [2.45, 2.75) is 68.7 Å². The molecule has 0 aliphatic rings. The maximum atomic E-state index is 5.22. The average molecular weight is 809 g/mol. The molecule has 2 nitrogen and oxygen atoms in total. The van der Waals surface area contributed by atoms with Crippen LogP contribution in [0.2, 0.25) is 0 Å². The van der Waals surface area contributed by atoms with Gasteiger partial charge in [-0.25, -0.2) is 4.98 Å². The van der Waals surface area contributed by atoms with Gasteiger partial charge in [0.05, 0.1) is 17.1 Å². The SMILES string of the molecule is C=Cc1ccc(-c2c3ccccc3c(-c3ccc4ccccc4c3)c3cc(-c4cccc(-c5ccc(C)c(-c6ncccc6CC)n5)c4)ccc23)cc1/C=C\C.CC.CC.CC. The number of pyridine rings is 2. The molecule has 2 heteroatoms. The second kappa shape index (κ2) is 21.1. The van der Waals surface area contributed by atoms with E-state index in [-0.39, 0.29) is 0 Å². The summed E-state index contributed by atoms with van der Waals surface area (Å²) in [5.74, 6) is 0. The molecular formula is C60H60N2. The second-order valence-corrected chi connectivity index (χ2v) is 14.5. The highest BCUT2D eigenvalue weighted by Crippen LogP contribution is 2.46. The standard InChI is InChI=1S/C54H42N2.3C2H6/c1-5-14-39-32-44(25-23-36(39)6-2)51-46-20-10-11-21-47(46)52(45-26-24-38-15-8-9-16-40(38)33-45)49-34-42(27-28-48(49)51)41-17-12-18-43(31-41)50-29-22-35(4)53(56-50)54-37(7-3)19-13-30-55-54;3*1-2/h5-6,8-34H,2,7H2,1,3-4H3;3*1-2H3/b14-5-;;;. The Hall–Kier alpha value is -6.90. The minimum Gasteiger partial charge on any atom is -0.254 e. The molecule has 0 spiro atoms. The largest absolute Gasteiger partial charge is 0.254 e. The number of hydrogen-bond acceptors (Lipinski definition) is 2. The van der Waals surface area contributed by atoms with Gasteiger partial charge in [-0.1, -0.05) is 189 Å². The Labute approximate surface area is 370 Å². The lowest BCUT2D eigenvalue weighted by Gasteiger charge is -2.20. The first-order valence-electron chi connectivity index (χ1n) is 22.4.